The molecule has 2 aromatic carbocycles. The van der Waals surface area contributed by atoms with Crippen LogP contribution in [-0.2, 0) is 17.9 Å². The van der Waals surface area contributed by atoms with Crippen LogP contribution in [0, 0.1) is 11.6 Å². The Kier molecular flexibility index (Phi) is 8.79. The Morgan fingerprint density at radius 1 is 1.03 bits per heavy atom. The van der Waals surface area contributed by atoms with E-state index in [0.29, 0.717) is 51.1 Å². The number of halogens is 2. The van der Waals surface area contributed by atoms with Crippen molar-refractivity contribution in [3.05, 3.63) is 93.7 Å². The highest BCUT2D eigenvalue weighted by molar-refractivity contribution is 7.09. The number of nitrogens with zero attached hydrogens (tertiary/aromatic N) is 2. The molecule has 0 radical (unpaired) electrons. The third-order valence-corrected chi connectivity index (χ3v) is 7.29. The summed E-state index contributed by atoms with van der Waals surface area (Å²) in [6.07, 6.45) is 1.11. The number of carbonyl (C=O) groups is 2. The van der Waals surface area contributed by atoms with Gasteiger partial charge in [0.1, 0.15) is 17.7 Å². The standard InChI is InChI=1S/C27H30F2N4O2S/c28-21-7-3-19(4-8-21)17-32(18-24-2-1-15-36-24)23-11-14-33(25(16-23)26(34)31-13-12-30)27(35)20-5-9-22(29)10-6-20/h1-10,15,23,25H,11-14,16-18,30H2,(H,31,34)/t23?,25-/m1/s1. The van der Waals surface area contributed by atoms with E-state index < -0.39 is 11.9 Å². The highest BCUT2D eigenvalue weighted by atomic mass is 32.1. The van der Waals surface area contributed by atoms with E-state index in [9.17, 15) is 18.4 Å². The second-order valence-corrected chi connectivity index (χ2v) is 9.92. The third-order valence-electron chi connectivity index (χ3n) is 6.43. The Balaban J connectivity index is 1.57. The first-order chi connectivity index (χ1) is 17.4. The fourth-order valence-corrected chi connectivity index (χ4v) is 5.31. The molecular weight excluding hydrogens is 482 g/mol. The summed E-state index contributed by atoms with van der Waals surface area (Å²) >= 11 is 1.66. The fraction of sp³-hybridized carbons (Fsp3) is 0.333. The van der Waals surface area contributed by atoms with Gasteiger partial charge in [-0.2, -0.15) is 0 Å². The van der Waals surface area contributed by atoms with Crippen LogP contribution in [0.3, 0.4) is 0 Å². The number of hydrogen-bond acceptors (Lipinski definition) is 5. The van der Waals surface area contributed by atoms with Crippen LogP contribution in [0.2, 0.25) is 0 Å². The molecule has 2 amide bonds. The van der Waals surface area contributed by atoms with Crippen LogP contribution in [0.5, 0.6) is 0 Å². The van der Waals surface area contributed by atoms with E-state index in [1.807, 2.05) is 11.4 Å². The second kappa shape index (κ2) is 12.2. The highest BCUT2D eigenvalue weighted by Crippen LogP contribution is 2.28. The number of piperidine rings is 1. The summed E-state index contributed by atoms with van der Waals surface area (Å²) in [7, 11) is 0. The summed E-state index contributed by atoms with van der Waals surface area (Å²) in [6.45, 7) is 2.26. The zero-order valence-electron chi connectivity index (χ0n) is 19.9. The third kappa shape index (κ3) is 6.54. The van der Waals surface area contributed by atoms with Gasteiger partial charge in [-0.3, -0.25) is 14.5 Å². The molecule has 3 N–H and O–H groups in total. The van der Waals surface area contributed by atoms with Gasteiger partial charge in [-0.15, -0.1) is 11.3 Å². The highest BCUT2D eigenvalue weighted by Gasteiger charge is 2.38. The molecule has 6 nitrogen and oxygen atoms in total. The van der Waals surface area contributed by atoms with Crippen LogP contribution >= 0.6 is 11.3 Å². The molecule has 1 fully saturated rings. The number of hydrogen-bond donors (Lipinski definition) is 2. The number of nitrogens with one attached hydrogen (secondary N) is 1. The van der Waals surface area contributed by atoms with Crippen molar-refractivity contribution >= 4 is 23.2 Å². The summed E-state index contributed by atoms with van der Waals surface area (Å²) < 4.78 is 26.9. The molecule has 0 saturated carbocycles. The Labute approximate surface area is 213 Å². The van der Waals surface area contributed by atoms with Gasteiger partial charge in [0.25, 0.3) is 5.91 Å². The number of thiophene rings is 1. The SMILES string of the molecule is NCCNC(=O)[C@H]1CC(N(Cc2ccc(F)cc2)Cc2cccs2)CCN1C(=O)c1ccc(F)cc1. The minimum atomic E-state index is -0.688. The summed E-state index contributed by atoms with van der Waals surface area (Å²) in [5, 5.41) is 4.86. The van der Waals surface area contributed by atoms with Crippen molar-refractivity contribution in [1.29, 1.82) is 0 Å². The average Bonchev–Trinajstić information content (AvgIpc) is 3.41. The predicted molar refractivity (Wildman–Crippen MR) is 136 cm³/mol. The molecule has 1 aliphatic rings. The molecule has 4 rings (SSSR count). The van der Waals surface area contributed by atoms with Crippen LogP contribution in [-0.4, -0.2) is 53.3 Å². The van der Waals surface area contributed by atoms with E-state index >= 15 is 0 Å². The molecule has 0 bridgehead atoms. The summed E-state index contributed by atoms with van der Waals surface area (Å²) in [5.74, 6) is -1.26. The monoisotopic (exact) mass is 512 g/mol. The average molecular weight is 513 g/mol. The van der Waals surface area contributed by atoms with Crippen molar-refractivity contribution in [3.63, 3.8) is 0 Å². The van der Waals surface area contributed by atoms with Crippen LogP contribution in [0.1, 0.15) is 33.6 Å². The molecular formula is C27H30F2N4O2S. The molecule has 0 aliphatic carbocycles. The number of nitrogens with two attached hydrogens (primary N) is 1. The lowest BCUT2D eigenvalue weighted by Gasteiger charge is -2.43. The maximum atomic E-state index is 13.5. The van der Waals surface area contributed by atoms with Crippen LogP contribution in [0.4, 0.5) is 8.78 Å². The van der Waals surface area contributed by atoms with Crippen molar-refractivity contribution in [2.24, 2.45) is 5.73 Å². The Bertz CT molecular complexity index is 1140. The van der Waals surface area contributed by atoms with E-state index in [4.69, 9.17) is 5.73 Å². The molecule has 9 heteroatoms. The van der Waals surface area contributed by atoms with Gasteiger partial charge >= 0.3 is 0 Å². The molecule has 2 heterocycles. The zero-order chi connectivity index (χ0) is 25.5. The zero-order valence-corrected chi connectivity index (χ0v) is 20.7. The minimum Gasteiger partial charge on any atom is -0.353 e. The van der Waals surface area contributed by atoms with E-state index in [1.165, 1.54) is 41.3 Å². The fourth-order valence-electron chi connectivity index (χ4n) is 4.58. The quantitative estimate of drug-likeness (QED) is 0.458. The number of rotatable bonds is 9. The van der Waals surface area contributed by atoms with Crippen molar-refractivity contribution < 1.29 is 18.4 Å². The molecule has 36 heavy (non-hydrogen) atoms. The van der Waals surface area contributed by atoms with E-state index in [0.717, 1.165) is 5.56 Å². The summed E-state index contributed by atoms with van der Waals surface area (Å²) in [5.41, 5.74) is 6.90. The topological polar surface area (TPSA) is 78.7 Å². The number of benzene rings is 2. The summed E-state index contributed by atoms with van der Waals surface area (Å²) in [4.78, 5) is 31.5. The van der Waals surface area contributed by atoms with Crippen LogP contribution in [0.25, 0.3) is 0 Å². The van der Waals surface area contributed by atoms with E-state index in [1.54, 1.807) is 28.4 Å². The molecule has 2 atom stereocenters. The van der Waals surface area contributed by atoms with Gasteiger partial charge in [0, 0.05) is 49.2 Å². The maximum absolute atomic E-state index is 13.5. The van der Waals surface area contributed by atoms with Crippen LogP contribution < -0.4 is 11.1 Å². The first-order valence-electron chi connectivity index (χ1n) is 12.0. The maximum Gasteiger partial charge on any atom is 0.254 e. The van der Waals surface area contributed by atoms with Gasteiger partial charge in [0.05, 0.1) is 0 Å². The molecule has 1 saturated heterocycles. The largest absolute Gasteiger partial charge is 0.353 e. The lowest BCUT2D eigenvalue weighted by Crippen LogP contribution is -2.57. The van der Waals surface area contributed by atoms with Gasteiger partial charge in [-0.25, -0.2) is 8.78 Å². The predicted octanol–water partition coefficient (Wildman–Crippen LogP) is 3.78. The number of carbonyl (C=O) groups excluding carboxylic acids is 2. The lowest BCUT2D eigenvalue weighted by molar-refractivity contribution is -0.127. The van der Waals surface area contributed by atoms with Gasteiger partial charge in [-0.1, -0.05) is 18.2 Å². The van der Waals surface area contributed by atoms with Gasteiger partial charge in [-0.05, 0) is 66.2 Å². The van der Waals surface area contributed by atoms with Gasteiger partial charge < -0.3 is 16.0 Å². The Morgan fingerprint density at radius 3 is 2.36 bits per heavy atom. The van der Waals surface area contributed by atoms with Gasteiger partial charge in [0.2, 0.25) is 5.91 Å². The van der Waals surface area contributed by atoms with Crippen molar-refractivity contribution in [3.8, 4) is 0 Å². The molecule has 0 spiro atoms. The van der Waals surface area contributed by atoms with E-state index in [-0.39, 0.29) is 23.7 Å². The molecule has 1 unspecified atom stereocenters. The number of amides is 2. The number of likely N-dealkylation sites (tertiary alicyclic amines) is 1. The Morgan fingerprint density at radius 2 is 1.72 bits per heavy atom. The van der Waals surface area contributed by atoms with Crippen LogP contribution in [0.15, 0.2) is 66.0 Å². The first-order valence-corrected chi connectivity index (χ1v) is 12.9. The normalized spacial score (nSPS) is 17.8. The lowest BCUT2D eigenvalue weighted by atomic mass is 9.93. The molecule has 190 valence electrons. The first kappa shape index (κ1) is 25.9. The van der Waals surface area contributed by atoms with E-state index in [2.05, 4.69) is 16.3 Å². The molecule has 3 aromatic rings. The minimum absolute atomic E-state index is 0.0167. The van der Waals surface area contributed by atoms with Crippen molar-refractivity contribution in [1.82, 2.24) is 15.1 Å². The molecule has 1 aromatic heterocycles. The molecule has 1 aliphatic heterocycles. The Hall–Kier alpha value is -3.14. The van der Waals surface area contributed by atoms with Crippen molar-refractivity contribution in [2.45, 2.75) is 38.0 Å². The van der Waals surface area contributed by atoms with Crippen molar-refractivity contribution in [2.75, 3.05) is 19.6 Å². The summed E-state index contributed by atoms with van der Waals surface area (Å²) in [6, 6.07) is 15.2. The smallest absolute Gasteiger partial charge is 0.254 e. The van der Waals surface area contributed by atoms with Gasteiger partial charge in [0.15, 0.2) is 0 Å². The second-order valence-electron chi connectivity index (χ2n) is 8.89.